The molecule has 0 bridgehead atoms. The predicted molar refractivity (Wildman–Crippen MR) is 190 cm³/mol. The molecular formula is C45H28O. The molecule has 214 valence electrons. The van der Waals surface area contributed by atoms with Gasteiger partial charge in [-0.1, -0.05) is 158 Å². The minimum Gasteiger partial charge on any atom is -0.456 e. The van der Waals surface area contributed by atoms with Crippen LogP contribution in [0, 0.1) is 0 Å². The Balaban J connectivity index is 1.39. The first-order valence-electron chi connectivity index (χ1n) is 15.9. The lowest BCUT2D eigenvalue weighted by atomic mass is 9.64. The fourth-order valence-electron chi connectivity index (χ4n) is 8.36. The van der Waals surface area contributed by atoms with Gasteiger partial charge < -0.3 is 4.74 Å². The zero-order valence-corrected chi connectivity index (χ0v) is 25.1. The molecule has 1 nitrogen and oxygen atoms in total. The summed E-state index contributed by atoms with van der Waals surface area (Å²) in [4.78, 5) is 0. The molecular weight excluding hydrogens is 556 g/mol. The Kier molecular flexibility index (Phi) is 5.27. The van der Waals surface area contributed by atoms with Crippen molar-refractivity contribution in [3.05, 3.63) is 192 Å². The number of hydrogen-bond donors (Lipinski definition) is 0. The third kappa shape index (κ3) is 3.29. The lowest BCUT2D eigenvalue weighted by molar-refractivity contribution is 0.487. The first kappa shape index (κ1) is 25.4. The second kappa shape index (κ2) is 9.54. The largest absolute Gasteiger partial charge is 0.456 e. The van der Waals surface area contributed by atoms with Crippen molar-refractivity contribution < 1.29 is 4.74 Å². The number of fused-ring (bicyclic) bond motifs is 7. The summed E-state index contributed by atoms with van der Waals surface area (Å²) in [6.07, 6.45) is 0. The van der Waals surface area contributed by atoms with Gasteiger partial charge in [0.2, 0.25) is 0 Å². The summed E-state index contributed by atoms with van der Waals surface area (Å²) in [6.45, 7) is 0. The van der Waals surface area contributed by atoms with Crippen molar-refractivity contribution in [3.63, 3.8) is 0 Å². The molecule has 0 saturated heterocycles. The first-order valence-corrected chi connectivity index (χ1v) is 15.9. The standard InChI is InChI=1S/C45H28O/c1-2-15-31(16-3-1)45(39-22-10-7-19-34(39)36-28-25-29-13-4-5-17-32(29)44(36)45)38-21-9-6-18-33(38)35-27-26-30-14-12-24-41-42(30)43(35)37-20-8-11-23-40(37)46-41/h1-28H. The van der Waals surface area contributed by atoms with Gasteiger partial charge in [0, 0.05) is 16.5 Å². The molecule has 1 heteroatoms. The fraction of sp³-hybridized carbons (Fsp3) is 0.0222. The van der Waals surface area contributed by atoms with Crippen molar-refractivity contribution in [2.75, 3.05) is 0 Å². The molecule has 0 fully saturated rings. The van der Waals surface area contributed by atoms with Gasteiger partial charge >= 0.3 is 0 Å². The van der Waals surface area contributed by atoms with Gasteiger partial charge in [0.25, 0.3) is 0 Å². The average Bonchev–Trinajstić information content (AvgIpc) is 3.44. The highest BCUT2D eigenvalue weighted by atomic mass is 16.5. The van der Waals surface area contributed by atoms with Gasteiger partial charge in [0.05, 0.1) is 5.41 Å². The van der Waals surface area contributed by atoms with Gasteiger partial charge in [-0.2, -0.15) is 0 Å². The van der Waals surface area contributed by atoms with E-state index in [9.17, 15) is 0 Å². The zero-order chi connectivity index (χ0) is 30.2. The van der Waals surface area contributed by atoms with E-state index in [4.69, 9.17) is 4.74 Å². The van der Waals surface area contributed by atoms with E-state index >= 15 is 0 Å². The smallest absolute Gasteiger partial charge is 0.135 e. The van der Waals surface area contributed by atoms with E-state index in [-0.39, 0.29) is 0 Å². The van der Waals surface area contributed by atoms with Crippen LogP contribution in [0.5, 0.6) is 11.5 Å². The van der Waals surface area contributed by atoms with Crippen LogP contribution in [0.2, 0.25) is 0 Å². The van der Waals surface area contributed by atoms with Gasteiger partial charge in [-0.3, -0.25) is 0 Å². The molecule has 0 N–H and O–H groups in total. The van der Waals surface area contributed by atoms with Gasteiger partial charge in [-0.25, -0.2) is 0 Å². The summed E-state index contributed by atoms with van der Waals surface area (Å²) >= 11 is 0. The molecule has 8 aromatic carbocycles. The number of rotatable bonds is 3. The Morgan fingerprint density at radius 1 is 0.370 bits per heavy atom. The first-order chi connectivity index (χ1) is 22.8. The van der Waals surface area contributed by atoms with E-state index in [1.54, 1.807) is 0 Å². The molecule has 0 amide bonds. The van der Waals surface area contributed by atoms with Crippen molar-refractivity contribution in [2.45, 2.75) is 5.41 Å². The Hall–Kier alpha value is -5.92. The number of benzene rings is 8. The topological polar surface area (TPSA) is 9.23 Å². The Morgan fingerprint density at radius 2 is 0.957 bits per heavy atom. The van der Waals surface area contributed by atoms with E-state index < -0.39 is 5.41 Å². The van der Waals surface area contributed by atoms with Crippen molar-refractivity contribution in [2.24, 2.45) is 0 Å². The maximum atomic E-state index is 6.50. The van der Waals surface area contributed by atoms with Crippen molar-refractivity contribution in [1.29, 1.82) is 0 Å². The normalized spacial score (nSPS) is 15.7. The molecule has 1 unspecified atom stereocenters. The van der Waals surface area contributed by atoms with Gasteiger partial charge in [0.1, 0.15) is 11.5 Å². The van der Waals surface area contributed by atoms with Crippen molar-refractivity contribution in [1.82, 2.24) is 0 Å². The molecule has 8 aromatic rings. The highest BCUT2D eigenvalue weighted by Crippen LogP contribution is 2.60. The lowest BCUT2D eigenvalue weighted by Crippen LogP contribution is -2.29. The molecule has 0 spiro atoms. The number of ether oxygens (including phenoxy) is 1. The summed E-state index contributed by atoms with van der Waals surface area (Å²) in [5, 5.41) is 4.89. The number of hydrogen-bond acceptors (Lipinski definition) is 1. The van der Waals surface area contributed by atoms with Crippen LogP contribution in [0.25, 0.3) is 54.9 Å². The van der Waals surface area contributed by atoms with Crippen LogP contribution in [0.1, 0.15) is 22.3 Å². The fourth-order valence-corrected chi connectivity index (χ4v) is 8.36. The third-order valence-corrected chi connectivity index (χ3v) is 10.1. The van der Waals surface area contributed by atoms with Gasteiger partial charge in [-0.05, 0) is 72.8 Å². The maximum Gasteiger partial charge on any atom is 0.135 e. The summed E-state index contributed by atoms with van der Waals surface area (Å²) in [5.41, 5.74) is 12.1. The molecule has 1 atom stereocenters. The van der Waals surface area contributed by atoms with Crippen LogP contribution < -0.4 is 4.74 Å². The van der Waals surface area contributed by atoms with Gasteiger partial charge in [-0.15, -0.1) is 0 Å². The Morgan fingerprint density at radius 3 is 1.78 bits per heavy atom. The number of para-hydroxylation sites is 1. The average molecular weight is 585 g/mol. The zero-order valence-electron chi connectivity index (χ0n) is 25.1. The summed E-state index contributed by atoms with van der Waals surface area (Å²) in [7, 11) is 0. The monoisotopic (exact) mass is 584 g/mol. The molecule has 0 saturated carbocycles. The van der Waals surface area contributed by atoms with E-state index in [1.807, 2.05) is 0 Å². The molecule has 0 radical (unpaired) electrons. The van der Waals surface area contributed by atoms with Crippen LogP contribution in [-0.2, 0) is 5.41 Å². The van der Waals surface area contributed by atoms with E-state index in [0.29, 0.717) is 0 Å². The summed E-state index contributed by atoms with van der Waals surface area (Å²) in [5.74, 6) is 1.80. The van der Waals surface area contributed by atoms with Crippen molar-refractivity contribution in [3.8, 4) is 44.9 Å². The van der Waals surface area contributed by atoms with Crippen molar-refractivity contribution >= 4 is 21.5 Å². The Labute approximate surface area is 268 Å². The van der Waals surface area contributed by atoms with Crippen LogP contribution in [0.4, 0.5) is 0 Å². The summed E-state index contributed by atoms with van der Waals surface area (Å²) < 4.78 is 6.50. The van der Waals surface area contributed by atoms with E-state index in [1.165, 1.54) is 71.6 Å². The Bertz CT molecular complexity index is 2510. The van der Waals surface area contributed by atoms with E-state index in [0.717, 1.165) is 17.1 Å². The van der Waals surface area contributed by atoms with Crippen LogP contribution in [0.15, 0.2) is 170 Å². The third-order valence-electron chi connectivity index (χ3n) is 10.1. The van der Waals surface area contributed by atoms with Crippen LogP contribution >= 0.6 is 0 Å². The molecule has 1 aliphatic heterocycles. The van der Waals surface area contributed by atoms with E-state index in [2.05, 4.69) is 170 Å². The second-order valence-electron chi connectivity index (χ2n) is 12.4. The highest BCUT2D eigenvalue weighted by Gasteiger charge is 2.48. The van der Waals surface area contributed by atoms with Gasteiger partial charge in [0.15, 0.2) is 0 Å². The van der Waals surface area contributed by atoms with Crippen LogP contribution in [0.3, 0.4) is 0 Å². The summed E-state index contributed by atoms with van der Waals surface area (Å²) in [6, 6.07) is 62.2. The minimum absolute atomic E-state index is 0.545. The molecule has 1 heterocycles. The lowest BCUT2D eigenvalue weighted by Gasteiger charge is -2.36. The SMILES string of the molecule is c1ccc(C2(c3ccccc3-c3ccc4cccc5c4c3-c3ccccc3O5)c3ccccc3-c3ccc4ccccc4c32)cc1. The predicted octanol–water partition coefficient (Wildman–Crippen LogP) is 11.8. The minimum atomic E-state index is -0.545. The molecule has 2 aliphatic rings. The highest BCUT2D eigenvalue weighted by molar-refractivity contribution is 6.11. The second-order valence-corrected chi connectivity index (χ2v) is 12.4. The molecule has 0 aromatic heterocycles. The molecule has 1 aliphatic carbocycles. The van der Waals surface area contributed by atoms with Crippen LogP contribution in [-0.4, -0.2) is 0 Å². The molecule has 46 heavy (non-hydrogen) atoms. The quantitative estimate of drug-likeness (QED) is 0.201. The maximum absolute atomic E-state index is 6.50. The molecule has 10 rings (SSSR count).